The number of aliphatic hydroxyl groups excluding tert-OH is 1. The van der Waals surface area contributed by atoms with E-state index < -0.39 is 17.7 Å². The van der Waals surface area contributed by atoms with Crippen LogP contribution in [0, 0.1) is 6.92 Å². The third-order valence-corrected chi connectivity index (χ3v) is 4.35. The van der Waals surface area contributed by atoms with Crippen LogP contribution < -0.4 is 4.90 Å². The topological polar surface area (TPSA) is 96.5 Å². The Morgan fingerprint density at radius 3 is 2.56 bits per heavy atom. The Kier molecular flexibility index (Phi) is 4.04. The summed E-state index contributed by atoms with van der Waals surface area (Å²) >= 11 is 0. The molecular formula is C20H15N3O4. The van der Waals surface area contributed by atoms with Gasteiger partial charge in [-0.05, 0) is 18.6 Å². The highest BCUT2D eigenvalue weighted by molar-refractivity contribution is 6.51. The molecule has 4 rings (SSSR count). The van der Waals surface area contributed by atoms with Gasteiger partial charge in [0, 0.05) is 24.0 Å². The number of carbonyl (C=O) groups is 2. The van der Waals surface area contributed by atoms with Crippen molar-refractivity contribution < 1.29 is 19.2 Å². The van der Waals surface area contributed by atoms with Gasteiger partial charge in [0.15, 0.2) is 5.82 Å². The standard InChI is InChI=1S/C20H15N3O4/c1-12-10-15(22-27-12)23-17(14-8-5-9-21-11-14)16(19(25)20(23)26)18(24)13-6-3-2-4-7-13/h2-11,17,24H,1H3/b18-16+/t17-/m0/s1. The minimum absolute atomic E-state index is 0.0140. The first kappa shape index (κ1) is 16.7. The number of hydrogen-bond acceptors (Lipinski definition) is 6. The molecule has 1 N–H and O–H groups in total. The number of ketones is 1. The first-order valence-electron chi connectivity index (χ1n) is 8.27. The maximum Gasteiger partial charge on any atom is 0.301 e. The van der Waals surface area contributed by atoms with Gasteiger partial charge in [0.25, 0.3) is 5.78 Å². The Morgan fingerprint density at radius 1 is 1.15 bits per heavy atom. The Bertz CT molecular complexity index is 1040. The van der Waals surface area contributed by atoms with Crippen LogP contribution >= 0.6 is 0 Å². The number of benzene rings is 1. The van der Waals surface area contributed by atoms with Crippen molar-refractivity contribution in [3.05, 3.63) is 83.4 Å². The van der Waals surface area contributed by atoms with E-state index in [1.807, 2.05) is 0 Å². The molecule has 1 atom stereocenters. The van der Waals surface area contributed by atoms with E-state index >= 15 is 0 Å². The minimum Gasteiger partial charge on any atom is -0.507 e. The number of amides is 1. The van der Waals surface area contributed by atoms with Gasteiger partial charge >= 0.3 is 5.91 Å². The largest absolute Gasteiger partial charge is 0.507 e. The third kappa shape index (κ3) is 2.79. The lowest BCUT2D eigenvalue weighted by molar-refractivity contribution is -0.132. The lowest BCUT2D eigenvalue weighted by atomic mass is 9.96. The summed E-state index contributed by atoms with van der Waals surface area (Å²) in [5.41, 5.74) is 1.01. The van der Waals surface area contributed by atoms with Crippen molar-refractivity contribution in [2.24, 2.45) is 0 Å². The first-order valence-corrected chi connectivity index (χ1v) is 8.27. The molecule has 1 fully saturated rings. The number of aromatic nitrogens is 2. The molecule has 1 amide bonds. The summed E-state index contributed by atoms with van der Waals surface area (Å²) in [5.74, 6) is -1.11. The van der Waals surface area contributed by atoms with Crippen LogP contribution in [0.4, 0.5) is 5.82 Å². The van der Waals surface area contributed by atoms with E-state index in [1.165, 1.54) is 4.90 Å². The average molecular weight is 361 g/mol. The Hall–Kier alpha value is -3.74. The van der Waals surface area contributed by atoms with Crippen molar-refractivity contribution >= 4 is 23.3 Å². The van der Waals surface area contributed by atoms with Crippen LogP contribution in [0.2, 0.25) is 0 Å². The molecule has 3 aromatic rings. The van der Waals surface area contributed by atoms with Gasteiger partial charge in [0.2, 0.25) is 0 Å². The van der Waals surface area contributed by atoms with Crippen LogP contribution in [0.15, 0.2) is 71.0 Å². The second-order valence-corrected chi connectivity index (χ2v) is 6.12. The fourth-order valence-electron chi connectivity index (χ4n) is 3.14. The van der Waals surface area contributed by atoms with Crippen LogP contribution in [0.3, 0.4) is 0 Å². The molecular weight excluding hydrogens is 346 g/mol. The van der Waals surface area contributed by atoms with E-state index in [-0.39, 0.29) is 17.2 Å². The van der Waals surface area contributed by atoms with Gasteiger partial charge in [-0.25, -0.2) is 0 Å². The molecule has 134 valence electrons. The summed E-state index contributed by atoms with van der Waals surface area (Å²) in [6.07, 6.45) is 3.14. The monoisotopic (exact) mass is 361 g/mol. The molecule has 7 heteroatoms. The summed E-state index contributed by atoms with van der Waals surface area (Å²) in [6, 6.07) is 12.8. The third-order valence-electron chi connectivity index (χ3n) is 4.35. The summed E-state index contributed by atoms with van der Waals surface area (Å²) in [6.45, 7) is 1.69. The molecule has 0 radical (unpaired) electrons. The molecule has 3 heterocycles. The molecule has 7 nitrogen and oxygen atoms in total. The van der Waals surface area contributed by atoms with E-state index in [1.54, 1.807) is 67.8 Å². The van der Waals surface area contributed by atoms with Crippen molar-refractivity contribution in [2.45, 2.75) is 13.0 Å². The van der Waals surface area contributed by atoms with Gasteiger partial charge in [-0.1, -0.05) is 41.6 Å². The number of pyridine rings is 1. The average Bonchev–Trinajstić information content (AvgIpc) is 3.24. The lowest BCUT2D eigenvalue weighted by Gasteiger charge is -2.22. The van der Waals surface area contributed by atoms with E-state index in [0.29, 0.717) is 16.9 Å². The molecule has 0 saturated carbocycles. The van der Waals surface area contributed by atoms with Crippen LogP contribution in [-0.2, 0) is 9.59 Å². The van der Waals surface area contributed by atoms with Crippen molar-refractivity contribution in [3.8, 4) is 0 Å². The number of rotatable bonds is 3. The highest BCUT2D eigenvalue weighted by Crippen LogP contribution is 2.41. The SMILES string of the molecule is Cc1cc(N2C(=O)C(=O)/C(=C(/O)c3ccccc3)[C@@H]2c2cccnc2)no1. The Morgan fingerprint density at radius 2 is 1.93 bits per heavy atom. The molecule has 0 bridgehead atoms. The summed E-state index contributed by atoms with van der Waals surface area (Å²) < 4.78 is 5.08. The van der Waals surface area contributed by atoms with Gasteiger partial charge in [-0.15, -0.1) is 0 Å². The molecule has 0 aliphatic carbocycles. The summed E-state index contributed by atoms with van der Waals surface area (Å²) in [4.78, 5) is 30.9. The maximum atomic E-state index is 12.8. The molecule has 0 spiro atoms. The van der Waals surface area contributed by atoms with Gasteiger partial charge < -0.3 is 9.63 Å². The highest BCUT2D eigenvalue weighted by atomic mass is 16.5. The zero-order valence-corrected chi connectivity index (χ0v) is 14.4. The fraction of sp³-hybridized carbons (Fsp3) is 0.100. The van der Waals surface area contributed by atoms with Crippen molar-refractivity contribution in [3.63, 3.8) is 0 Å². The predicted octanol–water partition coefficient (Wildman–Crippen LogP) is 3.00. The predicted molar refractivity (Wildman–Crippen MR) is 96.7 cm³/mol. The zero-order valence-electron chi connectivity index (χ0n) is 14.4. The summed E-state index contributed by atoms with van der Waals surface area (Å²) in [5, 5.41) is 14.7. The maximum absolute atomic E-state index is 12.8. The smallest absolute Gasteiger partial charge is 0.301 e. The quantitative estimate of drug-likeness (QED) is 0.438. The normalized spacial score (nSPS) is 18.9. The molecule has 1 aliphatic heterocycles. The van der Waals surface area contributed by atoms with E-state index in [0.717, 1.165) is 0 Å². The number of anilines is 1. The van der Waals surface area contributed by atoms with E-state index in [9.17, 15) is 14.7 Å². The number of aryl methyl sites for hydroxylation is 1. The van der Waals surface area contributed by atoms with Gasteiger partial charge in [0.05, 0.1) is 11.6 Å². The second-order valence-electron chi connectivity index (χ2n) is 6.12. The van der Waals surface area contributed by atoms with E-state index in [2.05, 4.69) is 10.1 Å². The van der Waals surface area contributed by atoms with Crippen LogP contribution in [0.5, 0.6) is 0 Å². The van der Waals surface area contributed by atoms with Crippen LogP contribution in [-0.4, -0.2) is 26.9 Å². The number of carbonyl (C=O) groups excluding carboxylic acids is 2. The van der Waals surface area contributed by atoms with Gasteiger partial charge in [0.1, 0.15) is 11.5 Å². The first-order chi connectivity index (χ1) is 13.1. The Balaban J connectivity index is 1.94. The highest BCUT2D eigenvalue weighted by Gasteiger charge is 2.48. The molecule has 1 aromatic carbocycles. The van der Waals surface area contributed by atoms with Gasteiger partial charge in [-0.2, -0.15) is 0 Å². The molecule has 0 unspecified atom stereocenters. The molecule has 1 saturated heterocycles. The van der Waals surface area contributed by atoms with Gasteiger partial charge in [-0.3, -0.25) is 19.5 Å². The minimum atomic E-state index is -0.858. The fourth-order valence-corrected chi connectivity index (χ4v) is 3.14. The Labute approximate surface area is 154 Å². The van der Waals surface area contributed by atoms with Crippen LogP contribution in [0.1, 0.15) is 22.9 Å². The number of aliphatic hydroxyl groups is 1. The van der Waals surface area contributed by atoms with Crippen molar-refractivity contribution in [1.29, 1.82) is 0 Å². The number of hydrogen-bond donors (Lipinski definition) is 1. The van der Waals surface area contributed by atoms with Crippen molar-refractivity contribution in [2.75, 3.05) is 4.90 Å². The van der Waals surface area contributed by atoms with E-state index in [4.69, 9.17) is 4.52 Å². The van der Waals surface area contributed by atoms with Crippen molar-refractivity contribution in [1.82, 2.24) is 10.1 Å². The second kappa shape index (κ2) is 6.53. The van der Waals surface area contributed by atoms with Crippen LogP contribution in [0.25, 0.3) is 5.76 Å². The number of nitrogens with zero attached hydrogens (tertiary/aromatic N) is 3. The molecule has 27 heavy (non-hydrogen) atoms. The molecule has 1 aliphatic rings. The lowest BCUT2D eigenvalue weighted by Crippen LogP contribution is -2.29. The summed E-state index contributed by atoms with van der Waals surface area (Å²) in [7, 11) is 0. The number of Topliss-reactive ketones (excluding diaryl/α,β-unsaturated/α-hetero) is 1. The zero-order chi connectivity index (χ0) is 19.0. The molecule has 2 aromatic heterocycles.